The number of aromatic nitrogens is 2. The standard InChI is InChI=1S/C13H11N3O2/c1-8-2-3-10-9(6-8)7-11(18-10)12(17)16-13-14-4-5-15-13/h2-7H,1H3,(H2,14,15,16,17). The molecule has 0 aliphatic heterocycles. The van der Waals surface area contributed by atoms with Crippen molar-refractivity contribution in [2.24, 2.45) is 0 Å². The Kier molecular flexibility index (Phi) is 2.37. The Morgan fingerprint density at radius 1 is 1.39 bits per heavy atom. The topological polar surface area (TPSA) is 70.9 Å². The van der Waals surface area contributed by atoms with Crippen LogP contribution in [-0.2, 0) is 0 Å². The lowest BCUT2D eigenvalue weighted by molar-refractivity contribution is 0.0998. The monoisotopic (exact) mass is 241 g/mol. The molecule has 0 saturated carbocycles. The first-order valence-electron chi connectivity index (χ1n) is 5.53. The number of hydrogen-bond acceptors (Lipinski definition) is 3. The molecule has 0 radical (unpaired) electrons. The number of nitrogens with one attached hydrogen (secondary N) is 2. The summed E-state index contributed by atoms with van der Waals surface area (Å²) in [6.07, 6.45) is 3.20. The van der Waals surface area contributed by atoms with Crippen molar-refractivity contribution in [3.63, 3.8) is 0 Å². The summed E-state index contributed by atoms with van der Waals surface area (Å²) in [7, 11) is 0. The second-order valence-corrected chi connectivity index (χ2v) is 4.04. The number of H-pyrrole nitrogens is 1. The zero-order valence-electron chi connectivity index (χ0n) is 9.73. The van der Waals surface area contributed by atoms with E-state index < -0.39 is 0 Å². The van der Waals surface area contributed by atoms with E-state index in [1.54, 1.807) is 18.5 Å². The number of rotatable bonds is 2. The molecule has 0 atom stereocenters. The van der Waals surface area contributed by atoms with Gasteiger partial charge >= 0.3 is 0 Å². The van der Waals surface area contributed by atoms with Gasteiger partial charge in [0.1, 0.15) is 5.58 Å². The maximum absolute atomic E-state index is 11.9. The highest BCUT2D eigenvalue weighted by Gasteiger charge is 2.13. The van der Waals surface area contributed by atoms with Crippen LogP contribution >= 0.6 is 0 Å². The van der Waals surface area contributed by atoms with Crippen LogP contribution < -0.4 is 5.32 Å². The number of fused-ring (bicyclic) bond motifs is 1. The van der Waals surface area contributed by atoms with Crippen molar-refractivity contribution < 1.29 is 9.21 Å². The van der Waals surface area contributed by atoms with Gasteiger partial charge in [-0.15, -0.1) is 0 Å². The highest BCUT2D eigenvalue weighted by Crippen LogP contribution is 2.21. The van der Waals surface area contributed by atoms with Gasteiger partial charge in [-0.25, -0.2) is 4.98 Å². The van der Waals surface area contributed by atoms with Crippen LogP contribution in [0.5, 0.6) is 0 Å². The minimum atomic E-state index is -0.321. The number of hydrogen-bond donors (Lipinski definition) is 2. The molecule has 90 valence electrons. The maximum atomic E-state index is 11.9. The first-order valence-corrected chi connectivity index (χ1v) is 5.53. The Morgan fingerprint density at radius 2 is 2.28 bits per heavy atom. The Labute approximate surface area is 103 Å². The second-order valence-electron chi connectivity index (χ2n) is 4.04. The number of amides is 1. The number of aromatic amines is 1. The summed E-state index contributed by atoms with van der Waals surface area (Å²) >= 11 is 0. The molecule has 0 spiro atoms. The van der Waals surface area contributed by atoms with Crippen molar-refractivity contribution in [2.75, 3.05) is 5.32 Å². The van der Waals surface area contributed by atoms with E-state index in [1.165, 1.54) is 0 Å². The van der Waals surface area contributed by atoms with Crippen LogP contribution in [0.1, 0.15) is 16.1 Å². The zero-order chi connectivity index (χ0) is 12.5. The molecule has 5 heteroatoms. The van der Waals surface area contributed by atoms with Crippen molar-refractivity contribution in [1.29, 1.82) is 0 Å². The van der Waals surface area contributed by atoms with E-state index in [-0.39, 0.29) is 11.7 Å². The van der Waals surface area contributed by atoms with E-state index in [4.69, 9.17) is 4.42 Å². The third kappa shape index (κ3) is 1.86. The molecular weight excluding hydrogens is 230 g/mol. The third-order valence-electron chi connectivity index (χ3n) is 2.63. The van der Waals surface area contributed by atoms with E-state index in [2.05, 4.69) is 15.3 Å². The minimum Gasteiger partial charge on any atom is -0.451 e. The normalized spacial score (nSPS) is 10.7. The van der Waals surface area contributed by atoms with Gasteiger partial charge in [-0.05, 0) is 25.1 Å². The van der Waals surface area contributed by atoms with Crippen molar-refractivity contribution in [2.45, 2.75) is 6.92 Å². The molecule has 2 N–H and O–H groups in total. The van der Waals surface area contributed by atoms with Gasteiger partial charge in [0.05, 0.1) is 0 Å². The van der Waals surface area contributed by atoms with Crippen molar-refractivity contribution in [3.05, 3.63) is 48.0 Å². The molecule has 0 fully saturated rings. The molecule has 0 bridgehead atoms. The number of furan rings is 1. The Bertz CT molecular complexity index is 698. The molecular formula is C13H11N3O2. The fourth-order valence-electron chi connectivity index (χ4n) is 1.78. The Hall–Kier alpha value is -2.56. The Morgan fingerprint density at radius 3 is 3.06 bits per heavy atom. The third-order valence-corrected chi connectivity index (χ3v) is 2.63. The number of benzene rings is 1. The van der Waals surface area contributed by atoms with Crippen molar-refractivity contribution >= 4 is 22.8 Å². The Balaban J connectivity index is 1.92. The van der Waals surface area contributed by atoms with Crippen LogP contribution in [0, 0.1) is 6.92 Å². The van der Waals surface area contributed by atoms with Gasteiger partial charge in [-0.3, -0.25) is 10.1 Å². The summed E-state index contributed by atoms with van der Waals surface area (Å²) in [5.41, 5.74) is 1.83. The van der Waals surface area contributed by atoms with Crippen LogP contribution in [0.25, 0.3) is 11.0 Å². The molecule has 2 aromatic heterocycles. The molecule has 1 aromatic carbocycles. The van der Waals surface area contributed by atoms with Crippen LogP contribution in [0.4, 0.5) is 5.95 Å². The number of carbonyl (C=O) groups is 1. The second kappa shape index (κ2) is 4.03. The quantitative estimate of drug-likeness (QED) is 0.724. The minimum absolute atomic E-state index is 0.270. The molecule has 0 aliphatic rings. The number of carbonyl (C=O) groups excluding carboxylic acids is 1. The molecule has 0 unspecified atom stereocenters. The first kappa shape index (κ1) is 10.6. The maximum Gasteiger partial charge on any atom is 0.293 e. The van der Waals surface area contributed by atoms with E-state index in [0.29, 0.717) is 11.5 Å². The highest BCUT2D eigenvalue weighted by atomic mass is 16.3. The molecule has 2 heterocycles. The average Bonchev–Trinajstić information content (AvgIpc) is 2.96. The van der Waals surface area contributed by atoms with Gasteiger partial charge < -0.3 is 9.40 Å². The van der Waals surface area contributed by atoms with Gasteiger partial charge in [0.2, 0.25) is 5.95 Å². The summed E-state index contributed by atoms with van der Waals surface area (Å²) in [6, 6.07) is 7.50. The van der Waals surface area contributed by atoms with Gasteiger partial charge in [-0.1, -0.05) is 11.6 Å². The van der Waals surface area contributed by atoms with E-state index in [1.807, 2.05) is 25.1 Å². The highest BCUT2D eigenvalue weighted by molar-refractivity contribution is 6.03. The molecule has 3 aromatic rings. The lowest BCUT2D eigenvalue weighted by Crippen LogP contribution is -2.11. The summed E-state index contributed by atoms with van der Waals surface area (Å²) in [5.74, 6) is 0.349. The van der Waals surface area contributed by atoms with Gasteiger partial charge in [0, 0.05) is 17.8 Å². The predicted molar refractivity (Wildman–Crippen MR) is 67.5 cm³/mol. The van der Waals surface area contributed by atoms with Gasteiger partial charge in [-0.2, -0.15) is 0 Å². The van der Waals surface area contributed by atoms with Crippen LogP contribution in [0.2, 0.25) is 0 Å². The zero-order valence-corrected chi connectivity index (χ0v) is 9.73. The summed E-state index contributed by atoms with van der Waals surface area (Å²) in [4.78, 5) is 18.6. The van der Waals surface area contributed by atoms with Crippen molar-refractivity contribution in [1.82, 2.24) is 9.97 Å². The molecule has 0 saturated heterocycles. The summed E-state index contributed by atoms with van der Waals surface area (Å²) < 4.78 is 5.48. The van der Waals surface area contributed by atoms with Crippen molar-refractivity contribution in [3.8, 4) is 0 Å². The molecule has 5 nitrogen and oxygen atoms in total. The van der Waals surface area contributed by atoms with Crippen LogP contribution in [0.15, 0.2) is 41.1 Å². The number of nitrogens with zero attached hydrogens (tertiary/aromatic N) is 1. The van der Waals surface area contributed by atoms with Crippen LogP contribution in [0.3, 0.4) is 0 Å². The molecule has 18 heavy (non-hydrogen) atoms. The average molecular weight is 241 g/mol. The van der Waals surface area contributed by atoms with Crippen LogP contribution in [-0.4, -0.2) is 15.9 Å². The first-order chi connectivity index (χ1) is 8.72. The predicted octanol–water partition coefficient (Wildman–Crippen LogP) is 2.72. The summed E-state index contributed by atoms with van der Waals surface area (Å²) in [6.45, 7) is 2.00. The van der Waals surface area contributed by atoms with Gasteiger partial charge in [0.25, 0.3) is 5.91 Å². The lowest BCUT2D eigenvalue weighted by atomic mass is 10.2. The van der Waals surface area contributed by atoms with E-state index in [9.17, 15) is 4.79 Å². The summed E-state index contributed by atoms with van der Waals surface area (Å²) in [5, 5.41) is 3.53. The fraction of sp³-hybridized carbons (Fsp3) is 0.0769. The van der Waals surface area contributed by atoms with E-state index >= 15 is 0 Å². The number of aryl methyl sites for hydroxylation is 1. The molecule has 3 rings (SSSR count). The van der Waals surface area contributed by atoms with Gasteiger partial charge in [0.15, 0.2) is 5.76 Å². The lowest BCUT2D eigenvalue weighted by Gasteiger charge is -1.96. The molecule has 0 aliphatic carbocycles. The molecule has 1 amide bonds. The SMILES string of the molecule is Cc1ccc2oc(C(=O)Nc3ncc[nH]3)cc2c1. The van der Waals surface area contributed by atoms with E-state index in [0.717, 1.165) is 10.9 Å². The number of anilines is 1. The largest absolute Gasteiger partial charge is 0.451 e. The smallest absolute Gasteiger partial charge is 0.293 e. The fourth-order valence-corrected chi connectivity index (χ4v) is 1.78. The number of imidazole rings is 1.